The third-order valence-corrected chi connectivity index (χ3v) is 4.89. The van der Waals surface area contributed by atoms with Gasteiger partial charge in [0.2, 0.25) is 0 Å². The minimum atomic E-state index is -4.78. The van der Waals surface area contributed by atoms with Crippen molar-refractivity contribution < 1.29 is 32.2 Å². The average molecular weight is 324 g/mol. The number of aliphatic hydroxyl groups is 1. The Kier molecular flexibility index (Phi) is 6.28. The number of methoxy groups -OCH3 is 1. The summed E-state index contributed by atoms with van der Waals surface area (Å²) in [7, 11) is -3.35. The minimum absolute atomic E-state index is 0.111. The molecule has 0 aliphatic heterocycles. The molecule has 8 heteroatoms. The predicted octanol–water partition coefficient (Wildman–Crippen LogP) is 3.59. The molecule has 0 saturated heterocycles. The second-order valence-electron chi connectivity index (χ2n) is 4.10. The van der Waals surface area contributed by atoms with Crippen molar-refractivity contribution in [2.45, 2.75) is 25.6 Å². The molecule has 0 bridgehead atoms. The van der Waals surface area contributed by atoms with Crippen LogP contribution in [0.15, 0.2) is 24.3 Å². The minimum Gasteiger partial charge on any atom is -0.497 e. The van der Waals surface area contributed by atoms with E-state index >= 15 is 0 Å². The second-order valence-corrected chi connectivity index (χ2v) is 6.20. The van der Waals surface area contributed by atoms with E-state index in [2.05, 4.69) is 9.05 Å². The molecular weight excluding hydrogens is 305 g/mol. The molecule has 21 heavy (non-hydrogen) atoms. The van der Waals surface area contributed by atoms with Crippen molar-refractivity contribution in [2.75, 3.05) is 20.3 Å². The monoisotopic (exact) mass is 324 g/mol. The van der Waals surface area contributed by atoms with Gasteiger partial charge in [0.05, 0.1) is 20.3 Å². The van der Waals surface area contributed by atoms with Crippen molar-refractivity contribution in [1.82, 2.24) is 0 Å². The van der Waals surface area contributed by atoms with Crippen LogP contribution in [0.3, 0.4) is 0 Å². The van der Waals surface area contributed by atoms with E-state index in [-0.39, 0.29) is 18.8 Å². The SMILES string of the molecule is CCOP(=O)(OCC)C(F)(F)[C@@H](O)c1ccc(OC)cc1. The van der Waals surface area contributed by atoms with Crippen LogP contribution in [0.4, 0.5) is 8.78 Å². The zero-order chi connectivity index (χ0) is 16.1. The first-order valence-electron chi connectivity index (χ1n) is 6.41. The number of hydrogen-bond donors (Lipinski definition) is 1. The largest absolute Gasteiger partial charge is 0.497 e. The number of halogens is 2. The Morgan fingerprint density at radius 3 is 2.05 bits per heavy atom. The van der Waals surface area contributed by atoms with Crippen molar-refractivity contribution in [3.8, 4) is 5.75 Å². The van der Waals surface area contributed by atoms with Gasteiger partial charge in [0.25, 0.3) is 0 Å². The van der Waals surface area contributed by atoms with Crippen LogP contribution in [0.2, 0.25) is 0 Å². The molecule has 0 unspecified atom stereocenters. The lowest BCUT2D eigenvalue weighted by Crippen LogP contribution is -2.28. The molecule has 1 aromatic rings. The maximum absolute atomic E-state index is 14.3. The molecule has 0 saturated carbocycles. The number of alkyl halides is 2. The smallest absolute Gasteiger partial charge is 0.402 e. The molecular formula is C13H19F2O5P. The average Bonchev–Trinajstić information content (AvgIpc) is 2.47. The third-order valence-electron chi connectivity index (χ3n) is 2.72. The topological polar surface area (TPSA) is 65.0 Å². The molecule has 1 rings (SSSR count). The summed E-state index contributed by atoms with van der Waals surface area (Å²) in [6, 6.07) is 5.36. The van der Waals surface area contributed by atoms with Crippen LogP contribution in [-0.4, -0.2) is 31.1 Å². The Hall–Kier alpha value is -1.01. The van der Waals surface area contributed by atoms with Gasteiger partial charge in [-0.25, -0.2) is 0 Å². The fourth-order valence-corrected chi connectivity index (χ4v) is 3.23. The maximum atomic E-state index is 14.3. The summed E-state index contributed by atoms with van der Waals surface area (Å²) < 4.78 is 55.0. The summed E-state index contributed by atoms with van der Waals surface area (Å²) in [4.78, 5) is 0. The first kappa shape index (κ1) is 18.0. The Morgan fingerprint density at radius 2 is 1.67 bits per heavy atom. The van der Waals surface area contributed by atoms with Gasteiger partial charge in [-0.2, -0.15) is 8.78 Å². The van der Waals surface area contributed by atoms with Crippen molar-refractivity contribution >= 4 is 7.60 Å². The van der Waals surface area contributed by atoms with Crippen molar-refractivity contribution in [1.29, 1.82) is 0 Å². The highest BCUT2D eigenvalue weighted by molar-refractivity contribution is 7.55. The molecule has 0 aliphatic carbocycles. The molecule has 0 spiro atoms. The van der Waals surface area contributed by atoms with Crippen LogP contribution in [-0.2, 0) is 13.6 Å². The van der Waals surface area contributed by atoms with Crippen LogP contribution in [0, 0.1) is 0 Å². The van der Waals surface area contributed by atoms with Crippen LogP contribution in [0.5, 0.6) is 5.75 Å². The number of rotatable bonds is 8. The van der Waals surface area contributed by atoms with E-state index in [0.29, 0.717) is 5.75 Å². The van der Waals surface area contributed by atoms with E-state index in [4.69, 9.17) is 4.74 Å². The van der Waals surface area contributed by atoms with Gasteiger partial charge in [-0.1, -0.05) is 12.1 Å². The summed E-state index contributed by atoms with van der Waals surface area (Å²) >= 11 is 0. The summed E-state index contributed by atoms with van der Waals surface area (Å²) in [5.41, 5.74) is -4.17. The van der Waals surface area contributed by atoms with Gasteiger partial charge < -0.3 is 18.9 Å². The van der Waals surface area contributed by atoms with Crippen LogP contribution < -0.4 is 4.74 Å². The number of benzene rings is 1. The molecule has 120 valence electrons. The predicted molar refractivity (Wildman–Crippen MR) is 73.8 cm³/mol. The first-order chi connectivity index (χ1) is 9.82. The van der Waals surface area contributed by atoms with Gasteiger partial charge in [-0.05, 0) is 31.5 Å². The van der Waals surface area contributed by atoms with Gasteiger partial charge in [-0.3, -0.25) is 4.57 Å². The van der Waals surface area contributed by atoms with Gasteiger partial charge >= 0.3 is 13.3 Å². The lowest BCUT2D eigenvalue weighted by atomic mass is 10.1. The maximum Gasteiger partial charge on any atom is 0.402 e. The lowest BCUT2D eigenvalue weighted by Gasteiger charge is -2.29. The quantitative estimate of drug-likeness (QED) is 0.740. The highest BCUT2D eigenvalue weighted by atomic mass is 31.2. The van der Waals surface area contributed by atoms with Crippen LogP contribution >= 0.6 is 7.60 Å². The number of aliphatic hydroxyl groups excluding tert-OH is 1. The van der Waals surface area contributed by atoms with Crippen molar-refractivity contribution in [2.24, 2.45) is 0 Å². The third kappa shape index (κ3) is 3.80. The van der Waals surface area contributed by atoms with Crippen molar-refractivity contribution in [3.63, 3.8) is 0 Å². The Labute approximate surface area is 122 Å². The van der Waals surface area contributed by atoms with E-state index in [0.717, 1.165) is 0 Å². The molecule has 0 aliphatic rings. The summed E-state index contributed by atoms with van der Waals surface area (Å²) in [6.45, 7) is 2.40. The fourth-order valence-electron chi connectivity index (χ4n) is 1.69. The normalized spacial score (nSPS) is 14.0. The van der Waals surface area contributed by atoms with Gasteiger partial charge in [0.1, 0.15) is 5.75 Å². The molecule has 5 nitrogen and oxygen atoms in total. The number of hydrogen-bond acceptors (Lipinski definition) is 5. The standard InChI is InChI=1S/C13H19F2O5P/c1-4-19-21(17,20-5-2)13(14,15)12(16)10-6-8-11(18-3)9-7-10/h6-9,12,16H,4-5H2,1-3H3/t12-/m0/s1. The van der Waals surface area contributed by atoms with Gasteiger partial charge in [0, 0.05) is 0 Å². The van der Waals surface area contributed by atoms with Crippen molar-refractivity contribution in [3.05, 3.63) is 29.8 Å². The summed E-state index contributed by atoms with van der Waals surface area (Å²) in [5, 5.41) is 9.88. The Balaban J connectivity index is 3.10. The first-order valence-corrected chi connectivity index (χ1v) is 7.95. The molecule has 0 radical (unpaired) electrons. The highest BCUT2D eigenvalue weighted by Gasteiger charge is 2.59. The van der Waals surface area contributed by atoms with E-state index in [1.54, 1.807) is 0 Å². The summed E-state index contributed by atoms with van der Waals surface area (Å²) in [5.74, 6) is 0.451. The summed E-state index contributed by atoms with van der Waals surface area (Å²) in [6.07, 6.45) is -2.31. The lowest BCUT2D eigenvalue weighted by molar-refractivity contribution is -0.0676. The Bertz CT molecular complexity index is 482. The van der Waals surface area contributed by atoms with Crippen LogP contribution in [0.25, 0.3) is 0 Å². The molecule has 0 fully saturated rings. The van der Waals surface area contributed by atoms with Gasteiger partial charge in [0.15, 0.2) is 6.10 Å². The molecule has 1 atom stereocenters. The fraction of sp³-hybridized carbons (Fsp3) is 0.538. The second kappa shape index (κ2) is 7.31. The van der Waals surface area contributed by atoms with E-state index < -0.39 is 19.4 Å². The Morgan fingerprint density at radius 1 is 1.19 bits per heavy atom. The molecule has 0 heterocycles. The van der Waals surface area contributed by atoms with E-state index in [1.165, 1.54) is 45.2 Å². The van der Waals surface area contributed by atoms with Crippen LogP contribution in [0.1, 0.15) is 25.5 Å². The molecule has 0 aromatic heterocycles. The van der Waals surface area contributed by atoms with E-state index in [9.17, 15) is 18.5 Å². The molecule has 1 N–H and O–H groups in total. The molecule has 1 aromatic carbocycles. The number of ether oxygens (including phenoxy) is 1. The zero-order valence-electron chi connectivity index (χ0n) is 12.1. The zero-order valence-corrected chi connectivity index (χ0v) is 13.0. The molecule has 0 amide bonds. The highest BCUT2D eigenvalue weighted by Crippen LogP contribution is 2.66. The van der Waals surface area contributed by atoms with E-state index in [1.807, 2.05) is 0 Å². The van der Waals surface area contributed by atoms with Gasteiger partial charge in [-0.15, -0.1) is 0 Å².